The summed E-state index contributed by atoms with van der Waals surface area (Å²) in [6.45, 7) is 10.7. The third kappa shape index (κ3) is 4.36. The molecule has 0 aliphatic carbocycles. The number of piperidine rings is 1. The number of ether oxygens (including phenoxy) is 1. The summed E-state index contributed by atoms with van der Waals surface area (Å²) in [6.07, 6.45) is 1.46. The van der Waals surface area contributed by atoms with E-state index in [4.69, 9.17) is 4.74 Å². The largest absolute Gasteiger partial charge is 0.459 e. The summed E-state index contributed by atoms with van der Waals surface area (Å²) in [5.41, 5.74) is -1.15. The van der Waals surface area contributed by atoms with Crippen LogP contribution in [0.4, 0.5) is 0 Å². The molecular weight excluding hydrogens is 254 g/mol. The first-order chi connectivity index (χ1) is 9.25. The zero-order valence-corrected chi connectivity index (χ0v) is 12.9. The molecule has 1 N–H and O–H groups in total. The molecule has 1 saturated heterocycles. The second kappa shape index (κ2) is 6.92. The Morgan fingerprint density at radius 1 is 1.45 bits per heavy atom. The summed E-state index contributed by atoms with van der Waals surface area (Å²) < 4.78 is 5.45. The quantitative estimate of drug-likeness (QED) is 0.629. The van der Waals surface area contributed by atoms with Crippen LogP contribution in [0.5, 0.6) is 0 Å². The Bertz CT molecular complexity index is 425. The molecule has 0 aromatic heterocycles. The lowest BCUT2D eigenvalue weighted by molar-refractivity contribution is -0.170. The molecule has 0 bridgehead atoms. The van der Waals surface area contributed by atoms with Gasteiger partial charge >= 0.3 is 5.97 Å². The average Bonchev–Trinajstić information content (AvgIpc) is 2.38. The van der Waals surface area contributed by atoms with E-state index in [1.807, 2.05) is 7.05 Å². The van der Waals surface area contributed by atoms with Crippen molar-refractivity contribution in [2.45, 2.75) is 45.3 Å². The number of aliphatic hydroxyl groups is 1. The van der Waals surface area contributed by atoms with E-state index in [1.54, 1.807) is 20.8 Å². The molecule has 0 aromatic carbocycles. The van der Waals surface area contributed by atoms with Crippen molar-refractivity contribution < 1.29 is 14.6 Å². The Morgan fingerprint density at radius 2 is 2.00 bits per heavy atom. The van der Waals surface area contributed by atoms with E-state index in [9.17, 15) is 9.90 Å². The van der Waals surface area contributed by atoms with Gasteiger partial charge in [0.05, 0.1) is 0 Å². The number of nitrogens with zero attached hydrogens (tertiary/aromatic N) is 1. The SMILES string of the molecule is C=C(C)C#C[C@](O)(C(=O)OC1CCN(C)CC1)C(C)C. The maximum absolute atomic E-state index is 12.3. The van der Waals surface area contributed by atoms with Gasteiger partial charge in [-0.15, -0.1) is 0 Å². The van der Waals surface area contributed by atoms with Gasteiger partial charge in [0.2, 0.25) is 5.60 Å². The fourth-order valence-corrected chi connectivity index (χ4v) is 1.98. The van der Waals surface area contributed by atoms with Crippen molar-refractivity contribution in [3.8, 4) is 11.8 Å². The standard InChI is InChI=1S/C16H25NO3/c1-12(2)6-9-16(19,13(3)4)15(18)20-14-7-10-17(5)11-8-14/h13-14,19H,1,7-8,10-11H2,2-5H3/t16-/m1/s1. The molecule has 112 valence electrons. The Morgan fingerprint density at radius 3 is 2.45 bits per heavy atom. The average molecular weight is 279 g/mol. The summed E-state index contributed by atoms with van der Waals surface area (Å²) in [5, 5.41) is 10.5. The molecule has 0 saturated carbocycles. The highest BCUT2D eigenvalue weighted by Crippen LogP contribution is 2.21. The van der Waals surface area contributed by atoms with Crippen LogP contribution in [0, 0.1) is 17.8 Å². The lowest BCUT2D eigenvalue weighted by Gasteiger charge is -2.31. The van der Waals surface area contributed by atoms with E-state index in [-0.39, 0.29) is 12.0 Å². The number of rotatable bonds is 3. The molecular formula is C16H25NO3. The van der Waals surface area contributed by atoms with E-state index in [2.05, 4.69) is 23.3 Å². The van der Waals surface area contributed by atoms with Gasteiger partial charge in [-0.1, -0.05) is 32.3 Å². The number of likely N-dealkylation sites (tertiary alicyclic amines) is 1. The third-order valence-corrected chi connectivity index (χ3v) is 3.55. The Hall–Kier alpha value is -1.31. The predicted molar refractivity (Wildman–Crippen MR) is 79.0 cm³/mol. The van der Waals surface area contributed by atoms with Crippen LogP contribution in [0.1, 0.15) is 33.6 Å². The number of hydrogen-bond donors (Lipinski definition) is 1. The molecule has 1 rings (SSSR count). The monoisotopic (exact) mass is 279 g/mol. The molecule has 1 fully saturated rings. The molecule has 4 nitrogen and oxygen atoms in total. The molecule has 0 aromatic rings. The number of carbonyl (C=O) groups excluding carboxylic acids is 1. The molecule has 20 heavy (non-hydrogen) atoms. The van der Waals surface area contributed by atoms with Crippen LogP contribution in [0.3, 0.4) is 0 Å². The molecule has 0 unspecified atom stereocenters. The molecule has 0 radical (unpaired) electrons. The summed E-state index contributed by atoms with van der Waals surface area (Å²) in [5.74, 6) is 4.32. The van der Waals surface area contributed by atoms with Crippen LogP contribution >= 0.6 is 0 Å². The van der Waals surface area contributed by atoms with Crippen LogP contribution in [-0.4, -0.2) is 47.8 Å². The van der Waals surface area contributed by atoms with Gasteiger partial charge < -0.3 is 14.7 Å². The fraction of sp³-hybridized carbons (Fsp3) is 0.688. The lowest BCUT2D eigenvalue weighted by Crippen LogP contribution is -2.46. The highest BCUT2D eigenvalue weighted by molar-refractivity contribution is 5.84. The minimum atomic E-state index is -1.76. The summed E-state index contributed by atoms with van der Waals surface area (Å²) >= 11 is 0. The van der Waals surface area contributed by atoms with Gasteiger partial charge in [0.25, 0.3) is 0 Å². The van der Waals surface area contributed by atoms with E-state index in [0.717, 1.165) is 25.9 Å². The second-order valence-electron chi connectivity index (χ2n) is 5.86. The molecule has 4 heteroatoms. The Kier molecular flexibility index (Phi) is 5.79. The van der Waals surface area contributed by atoms with E-state index >= 15 is 0 Å². The van der Waals surface area contributed by atoms with Gasteiger partial charge in [0, 0.05) is 19.0 Å². The first-order valence-corrected chi connectivity index (χ1v) is 7.06. The minimum absolute atomic E-state index is 0.129. The van der Waals surface area contributed by atoms with Crippen LogP contribution < -0.4 is 0 Å². The number of esters is 1. The highest BCUT2D eigenvalue weighted by Gasteiger charge is 2.41. The molecule has 1 atom stereocenters. The Labute approximate surface area is 121 Å². The van der Waals surface area contributed by atoms with Crippen molar-refractivity contribution >= 4 is 5.97 Å². The van der Waals surface area contributed by atoms with Gasteiger partial charge in [-0.3, -0.25) is 0 Å². The van der Waals surface area contributed by atoms with Crippen LogP contribution in [-0.2, 0) is 9.53 Å². The normalized spacial score (nSPS) is 19.9. The smallest absolute Gasteiger partial charge is 0.351 e. The maximum Gasteiger partial charge on any atom is 0.351 e. The van der Waals surface area contributed by atoms with Crippen molar-refractivity contribution in [2.75, 3.05) is 20.1 Å². The van der Waals surface area contributed by atoms with Crippen molar-refractivity contribution in [3.05, 3.63) is 12.2 Å². The Balaban J connectivity index is 2.75. The van der Waals surface area contributed by atoms with Crippen molar-refractivity contribution in [3.63, 3.8) is 0 Å². The number of hydrogen-bond acceptors (Lipinski definition) is 4. The molecule has 0 spiro atoms. The molecule has 1 aliphatic rings. The van der Waals surface area contributed by atoms with Crippen LogP contribution in [0.25, 0.3) is 0 Å². The van der Waals surface area contributed by atoms with E-state index < -0.39 is 11.6 Å². The zero-order chi connectivity index (χ0) is 15.3. The summed E-state index contributed by atoms with van der Waals surface area (Å²) in [6, 6.07) is 0. The van der Waals surface area contributed by atoms with E-state index in [0.29, 0.717) is 5.57 Å². The molecule has 0 amide bonds. The summed E-state index contributed by atoms with van der Waals surface area (Å²) in [7, 11) is 2.04. The van der Waals surface area contributed by atoms with Gasteiger partial charge in [0.15, 0.2) is 0 Å². The summed E-state index contributed by atoms with van der Waals surface area (Å²) in [4.78, 5) is 14.4. The number of allylic oxidation sites excluding steroid dienone is 1. The second-order valence-corrected chi connectivity index (χ2v) is 5.86. The van der Waals surface area contributed by atoms with Crippen molar-refractivity contribution in [1.82, 2.24) is 4.90 Å². The highest BCUT2D eigenvalue weighted by atomic mass is 16.6. The minimum Gasteiger partial charge on any atom is -0.459 e. The van der Waals surface area contributed by atoms with E-state index in [1.165, 1.54) is 0 Å². The molecule has 1 aliphatic heterocycles. The first kappa shape index (κ1) is 16.7. The van der Waals surface area contributed by atoms with Gasteiger partial charge in [-0.25, -0.2) is 4.79 Å². The first-order valence-electron chi connectivity index (χ1n) is 7.06. The van der Waals surface area contributed by atoms with Gasteiger partial charge in [-0.05, 0) is 32.4 Å². The third-order valence-electron chi connectivity index (χ3n) is 3.55. The zero-order valence-electron chi connectivity index (χ0n) is 12.9. The topological polar surface area (TPSA) is 49.8 Å². The van der Waals surface area contributed by atoms with Crippen molar-refractivity contribution in [1.29, 1.82) is 0 Å². The maximum atomic E-state index is 12.3. The van der Waals surface area contributed by atoms with Crippen LogP contribution in [0.2, 0.25) is 0 Å². The lowest BCUT2D eigenvalue weighted by atomic mass is 9.90. The van der Waals surface area contributed by atoms with Gasteiger partial charge in [-0.2, -0.15) is 0 Å². The molecule has 1 heterocycles. The fourth-order valence-electron chi connectivity index (χ4n) is 1.98. The predicted octanol–water partition coefficient (Wildman–Crippen LogP) is 1.59. The van der Waals surface area contributed by atoms with Crippen LogP contribution in [0.15, 0.2) is 12.2 Å². The van der Waals surface area contributed by atoms with Crippen molar-refractivity contribution in [2.24, 2.45) is 5.92 Å². The van der Waals surface area contributed by atoms with Gasteiger partial charge in [0.1, 0.15) is 6.10 Å². The number of carbonyl (C=O) groups is 1.